The lowest BCUT2D eigenvalue weighted by Crippen LogP contribution is -2.29. The van der Waals surface area contributed by atoms with Crippen LogP contribution in [0, 0.1) is 0 Å². The first-order chi connectivity index (χ1) is 14.5. The Morgan fingerprint density at radius 1 is 1.23 bits per heavy atom. The Balaban J connectivity index is 1.48. The zero-order chi connectivity index (χ0) is 21.1. The zero-order valence-electron chi connectivity index (χ0n) is 17.1. The summed E-state index contributed by atoms with van der Waals surface area (Å²) >= 11 is 0. The monoisotopic (exact) mass is 410 g/mol. The third kappa shape index (κ3) is 4.56. The number of amides is 1. The Labute approximate surface area is 174 Å². The molecule has 1 aromatic carbocycles. The quantitative estimate of drug-likeness (QED) is 0.566. The maximum atomic E-state index is 12.8. The fourth-order valence-corrected chi connectivity index (χ4v) is 3.54. The van der Waals surface area contributed by atoms with Crippen LogP contribution in [0.4, 0.5) is 5.95 Å². The van der Waals surface area contributed by atoms with Gasteiger partial charge < -0.3 is 20.3 Å². The predicted octanol–water partition coefficient (Wildman–Crippen LogP) is 2.78. The number of carbonyl (C=O) groups excluding carboxylic acids is 1. The normalized spacial score (nSPS) is 19.2. The number of aliphatic hydroxyl groups is 1. The van der Waals surface area contributed by atoms with E-state index in [0.717, 1.165) is 31.1 Å². The fourth-order valence-electron chi connectivity index (χ4n) is 3.54. The summed E-state index contributed by atoms with van der Waals surface area (Å²) in [5, 5.41) is 20.5. The van der Waals surface area contributed by atoms with Gasteiger partial charge in [0.1, 0.15) is 0 Å². The predicted molar refractivity (Wildman–Crippen MR) is 111 cm³/mol. The molecule has 1 fully saturated rings. The van der Waals surface area contributed by atoms with Gasteiger partial charge in [-0.2, -0.15) is 4.98 Å². The summed E-state index contributed by atoms with van der Waals surface area (Å²) < 4.78 is 5.17. The summed E-state index contributed by atoms with van der Waals surface area (Å²) in [5.41, 5.74) is 1.05. The van der Waals surface area contributed by atoms with E-state index >= 15 is 0 Å². The molecule has 0 atom stereocenters. The Kier molecular flexibility index (Phi) is 5.89. The summed E-state index contributed by atoms with van der Waals surface area (Å²) in [6.07, 6.45) is 4.78. The molecule has 9 heteroatoms. The molecule has 0 aliphatic heterocycles. The first-order valence-electron chi connectivity index (χ1n) is 10.3. The van der Waals surface area contributed by atoms with Crippen LogP contribution in [0.15, 0.2) is 28.9 Å². The lowest BCUT2D eigenvalue weighted by atomic mass is 9.93. The summed E-state index contributed by atoms with van der Waals surface area (Å²) in [6.45, 7) is 4.10. The summed E-state index contributed by atoms with van der Waals surface area (Å²) in [4.78, 5) is 26.1. The van der Waals surface area contributed by atoms with E-state index in [1.54, 1.807) is 18.3 Å². The Hall–Kier alpha value is -3.07. The molecule has 0 spiro atoms. The van der Waals surface area contributed by atoms with Crippen LogP contribution in [-0.4, -0.2) is 43.3 Å². The van der Waals surface area contributed by atoms with Gasteiger partial charge in [-0.15, -0.1) is 0 Å². The molecule has 1 aliphatic carbocycles. The second kappa shape index (κ2) is 8.74. The van der Waals surface area contributed by atoms with Gasteiger partial charge >= 0.3 is 0 Å². The van der Waals surface area contributed by atoms with Crippen molar-refractivity contribution in [3.63, 3.8) is 0 Å². The fraction of sp³-hybridized carbons (Fsp3) is 0.476. The molecule has 0 saturated heterocycles. The molecule has 3 N–H and O–H groups in total. The van der Waals surface area contributed by atoms with E-state index in [1.165, 1.54) is 0 Å². The number of rotatable bonds is 6. The average Bonchev–Trinajstić information content (AvgIpc) is 3.23. The molecular weight excluding hydrogens is 384 g/mol. The molecule has 30 heavy (non-hydrogen) atoms. The van der Waals surface area contributed by atoms with Crippen LogP contribution in [-0.2, 0) is 6.54 Å². The van der Waals surface area contributed by atoms with Gasteiger partial charge in [-0.05, 0) is 31.7 Å². The molecule has 2 aromatic heterocycles. The molecule has 0 unspecified atom stereocenters. The minimum atomic E-state index is -0.262. The van der Waals surface area contributed by atoms with E-state index in [0.29, 0.717) is 28.7 Å². The Bertz CT molecular complexity index is 1030. The second-order valence-electron chi connectivity index (χ2n) is 7.97. The van der Waals surface area contributed by atoms with Gasteiger partial charge in [0.05, 0.1) is 23.7 Å². The van der Waals surface area contributed by atoms with E-state index in [2.05, 4.69) is 30.7 Å². The van der Waals surface area contributed by atoms with Crippen LogP contribution < -0.4 is 10.6 Å². The highest BCUT2D eigenvalue weighted by Gasteiger charge is 2.20. The first-order valence-corrected chi connectivity index (χ1v) is 10.3. The lowest BCUT2D eigenvalue weighted by molar-refractivity contribution is 0.0951. The molecule has 3 aromatic rings. The van der Waals surface area contributed by atoms with Gasteiger partial charge in [0.25, 0.3) is 5.91 Å². The van der Waals surface area contributed by atoms with Crippen molar-refractivity contribution >= 4 is 22.8 Å². The van der Waals surface area contributed by atoms with E-state index in [-0.39, 0.29) is 30.5 Å². The number of hydrogen-bond acceptors (Lipinski definition) is 8. The third-order valence-corrected chi connectivity index (χ3v) is 5.27. The van der Waals surface area contributed by atoms with Gasteiger partial charge in [0, 0.05) is 23.5 Å². The number of anilines is 1. The number of aliphatic hydroxyl groups excluding tert-OH is 1. The van der Waals surface area contributed by atoms with Crippen molar-refractivity contribution in [2.24, 2.45) is 0 Å². The van der Waals surface area contributed by atoms with E-state index in [1.807, 2.05) is 19.9 Å². The summed E-state index contributed by atoms with van der Waals surface area (Å²) in [6, 6.07) is 5.64. The number of carbonyl (C=O) groups is 1. The Morgan fingerprint density at radius 3 is 2.77 bits per heavy atom. The van der Waals surface area contributed by atoms with Gasteiger partial charge in [0.2, 0.25) is 11.8 Å². The topological polar surface area (TPSA) is 126 Å². The molecule has 1 amide bonds. The molecule has 0 bridgehead atoms. The Morgan fingerprint density at radius 2 is 2.03 bits per heavy atom. The highest BCUT2D eigenvalue weighted by Crippen LogP contribution is 2.23. The van der Waals surface area contributed by atoms with Gasteiger partial charge in [-0.25, -0.2) is 9.97 Å². The number of hydrogen-bond donors (Lipinski definition) is 3. The van der Waals surface area contributed by atoms with Gasteiger partial charge in [0.15, 0.2) is 5.82 Å². The van der Waals surface area contributed by atoms with Crippen LogP contribution in [0.1, 0.15) is 67.5 Å². The molecule has 158 valence electrons. The van der Waals surface area contributed by atoms with Crippen LogP contribution in [0.3, 0.4) is 0 Å². The third-order valence-electron chi connectivity index (χ3n) is 5.27. The smallest absolute Gasteiger partial charge is 0.253 e. The highest BCUT2D eigenvalue weighted by molar-refractivity contribution is 6.05. The summed E-state index contributed by atoms with van der Waals surface area (Å²) in [7, 11) is 0. The molecule has 9 nitrogen and oxygen atoms in total. The van der Waals surface area contributed by atoms with Crippen molar-refractivity contribution in [1.82, 2.24) is 25.4 Å². The van der Waals surface area contributed by atoms with E-state index in [9.17, 15) is 9.90 Å². The average molecular weight is 410 g/mol. The van der Waals surface area contributed by atoms with E-state index < -0.39 is 0 Å². The maximum absolute atomic E-state index is 12.8. The number of aromatic nitrogens is 4. The molecule has 0 radical (unpaired) electrons. The van der Waals surface area contributed by atoms with Gasteiger partial charge in [-0.3, -0.25) is 4.79 Å². The maximum Gasteiger partial charge on any atom is 0.253 e. The van der Waals surface area contributed by atoms with Crippen molar-refractivity contribution in [2.75, 3.05) is 5.32 Å². The van der Waals surface area contributed by atoms with Crippen LogP contribution in [0.25, 0.3) is 10.9 Å². The number of nitrogens with one attached hydrogen (secondary N) is 2. The largest absolute Gasteiger partial charge is 0.393 e. The molecule has 4 rings (SSSR count). The van der Waals surface area contributed by atoms with Crippen LogP contribution >= 0.6 is 0 Å². The molecular formula is C21H26N6O3. The first kappa shape index (κ1) is 20.2. The van der Waals surface area contributed by atoms with Crippen molar-refractivity contribution < 1.29 is 14.4 Å². The van der Waals surface area contributed by atoms with E-state index in [4.69, 9.17) is 4.52 Å². The summed E-state index contributed by atoms with van der Waals surface area (Å²) in [5.74, 6) is 1.34. The highest BCUT2D eigenvalue weighted by atomic mass is 16.5. The van der Waals surface area contributed by atoms with Crippen molar-refractivity contribution in [3.05, 3.63) is 41.7 Å². The van der Waals surface area contributed by atoms with Crippen molar-refractivity contribution in [1.29, 1.82) is 0 Å². The minimum absolute atomic E-state index is 0.134. The minimum Gasteiger partial charge on any atom is -0.393 e. The second-order valence-corrected chi connectivity index (χ2v) is 7.97. The number of fused-ring (bicyclic) bond motifs is 1. The molecule has 1 aliphatic rings. The number of benzene rings is 1. The molecule has 2 heterocycles. The van der Waals surface area contributed by atoms with Crippen LogP contribution in [0.5, 0.6) is 0 Å². The standard InChI is InChI=1S/C21H26N6O3/c1-12(2)20-25-17(27-30-20)11-22-19(29)16-5-3-4-13-10-23-21(26-18(13)16)24-14-6-8-15(28)9-7-14/h3-5,10,12,14-15,28H,6-9,11H2,1-2H3,(H,22,29)(H,23,24,26). The van der Waals surface area contributed by atoms with Crippen LogP contribution in [0.2, 0.25) is 0 Å². The number of nitrogens with zero attached hydrogens (tertiary/aromatic N) is 4. The molecule has 1 saturated carbocycles. The van der Waals surface area contributed by atoms with Gasteiger partial charge in [-0.1, -0.05) is 31.1 Å². The SMILES string of the molecule is CC(C)c1nc(CNC(=O)c2cccc3cnc(NC4CCC(O)CC4)nc23)no1. The zero-order valence-corrected chi connectivity index (χ0v) is 17.1. The van der Waals surface area contributed by atoms with Crippen molar-refractivity contribution in [3.8, 4) is 0 Å². The van der Waals surface area contributed by atoms with Crippen molar-refractivity contribution in [2.45, 2.75) is 64.1 Å². The lowest BCUT2D eigenvalue weighted by Gasteiger charge is -2.26. The number of para-hydroxylation sites is 1.